The first-order valence-electron chi connectivity index (χ1n) is 11.0. The molecule has 1 aromatic carbocycles. The molecule has 2 aliphatic heterocycles. The Kier molecular flexibility index (Phi) is 7.81. The monoisotopic (exact) mass is 586 g/mol. The minimum atomic E-state index is -3.09. The Morgan fingerprint density at radius 1 is 1.39 bits per heavy atom. The first-order chi connectivity index (χ1) is 17.1. The Morgan fingerprint density at radius 3 is 2.81 bits per heavy atom. The topological polar surface area (TPSA) is 104 Å². The number of aromatic nitrogens is 1. The average molecular weight is 587 g/mol. The highest BCUT2D eigenvalue weighted by Crippen LogP contribution is 2.38. The van der Waals surface area contributed by atoms with Crippen LogP contribution in [0.25, 0.3) is 0 Å². The summed E-state index contributed by atoms with van der Waals surface area (Å²) in [5.41, 5.74) is 0.618. The van der Waals surface area contributed by atoms with Gasteiger partial charge >= 0.3 is 11.9 Å². The maximum absolute atomic E-state index is 14.3. The van der Waals surface area contributed by atoms with Gasteiger partial charge in [0.1, 0.15) is 17.9 Å². The molecule has 2 atom stereocenters. The number of aliphatic imine (C=N–C) groups is 1. The number of ether oxygens (including phenoxy) is 1. The number of carbonyl (C=O) groups excluding carboxylic acids is 1. The average Bonchev–Trinajstić information content (AvgIpc) is 3.33. The van der Waals surface area contributed by atoms with E-state index in [1.165, 1.54) is 29.5 Å². The zero-order valence-corrected chi connectivity index (χ0v) is 21.4. The summed E-state index contributed by atoms with van der Waals surface area (Å²) in [6.07, 6.45) is 0.766. The Morgan fingerprint density at radius 2 is 2.17 bits per heavy atom. The van der Waals surface area contributed by atoms with Crippen LogP contribution in [0.2, 0.25) is 0 Å². The maximum Gasteiger partial charge on any atom is 0.338 e. The zero-order chi connectivity index (χ0) is 26.0. The molecule has 0 unspecified atom stereocenters. The largest absolute Gasteiger partial charge is 0.480 e. The van der Waals surface area contributed by atoms with E-state index in [0.29, 0.717) is 15.0 Å². The first-order valence-corrected chi connectivity index (χ1v) is 12.7. The second-order valence-electron chi connectivity index (χ2n) is 8.27. The van der Waals surface area contributed by atoms with Crippen LogP contribution in [0.15, 0.2) is 50.5 Å². The first kappa shape index (κ1) is 26.3. The van der Waals surface area contributed by atoms with Crippen LogP contribution in [0.1, 0.15) is 36.4 Å². The number of halogens is 4. The summed E-state index contributed by atoms with van der Waals surface area (Å²) in [7, 11) is 0. The van der Waals surface area contributed by atoms with Gasteiger partial charge in [-0.15, -0.1) is 11.3 Å². The highest BCUT2D eigenvalue weighted by atomic mass is 79.9. The number of nitrogens with one attached hydrogen (secondary N) is 1. The van der Waals surface area contributed by atoms with Crippen molar-refractivity contribution in [1.29, 1.82) is 0 Å². The quantitative estimate of drug-likeness (QED) is 0.470. The van der Waals surface area contributed by atoms with E-state index in [4.69, 9.17) is 4.74 Å². The molecule has 13 heteroatoms. The van der Waals surface area contributed by atoms with Crippen LogP contribution < -0.4 is 5.32 Å². The highest BCUT2D eigenvalue weighted by Gasteiger charge is 2.44. The van der Waals surface area contributed by atoms with E-state index in [1.807, 2.05) is 0 Å². The summed E-state index contributed by atoms with van der Waals surface area (Å²) in [6.45, 7) is 0.558. The summed E-state index contributed by atoms with van der Waals surface area (Å²) in [6, 6.07) is 1.74. The number of rotatable bonds is 7. The van der Waals surface area contributed by atoms with Gasteiger partial charge in [0.05, 0.1) is 18.7 Å². The van der Waals surface area contributed by atoms with Gasteiger partial charge in [0.2, 0.25) is 0 Å². The molecule has 192 valence electrons. The maximum atomic E-state index is 14.3. The van der Waals surface area contributed by atoms with Gasteiger partial charge in [-0.05, 0) is 31.0 Å². The molecule has 1 saturated heterocycles. The fourth-order valence-corrected chi connectivity index (χ4v) is 5.39. The molecule has 0 spiro atoms. The molecule has 2 aromatic rings. The summed E-state index contributed by atoms with van der Waals surface area (Å²) >= 11 is 4.59. The second-order valence-corrected chi connectivity index (χ2v) is 10.0. The fraction of sp³-hybridized carbons (Fsp3) is 0.391. The Bertz CT molecular complexity index is 1220. The van der Waals surface area contributed by atoms with Crippen molar-refractivity contribution in [3.05, 3.63) is 61.9 Å². The number of alkyl halides is 2. The minimum Gasteiger partial charge on any atom is -0.480 e. The molecule has 3 heterocycles. The SMILES string of the molecule is CCOC(=O)C1=C(CN2CC(F)(F)CC[C@H]2C(=O)O)NC(c2nccs2)=N[C@H]1c1ccc(F)cc1Br. The smallest absolute Gasteiger partial charge is 0.338 e. The van der Waals surface area contributed by atoms with Gasteiger partial charge in [-0.25, -0.2) is 22.9 Å². The molecule has 0 saturated carbocycles. The van der Waals surface area contributed by atoms with E-state index in [0.717, 1.165) is 4.90 Å². The van der Waals surface area contributed by atoms with Gasteiger partial charge in [0.25, 0.3) is 5.92 Å². The lowest BCUT2D eigenvalue weighted by atomic mass is 9.94. The molecule has 36 heavy (non-hydrogen) atoms. The predicted molar refractivity (Wildman–Crippen MR) is 129 cm³/mol. The molecule has 2 N–H and O–H groups in total. The summed E-state index contributed by atoms with van der Waals surface area (Å²) < 4.78 is 48.1. The molecule has 8 nitrogen and oxygen atoms in total. The second kappa shape index (κ2) is 10.7. The normalized spacial score (nSPS) is 22.1. The van der Waals surface area contributed by atoms with Crippen LogP contribution >= 0.6 is 27.3 Å². The van der Waals surface area contributed by atoms with Gasteiger partial charge in [0.15, 0.2) is 10.8 Å². The fourth-order valence-electron chi connectivity index (χ4n) is 4.23. The molecular formula is C23H22BrF3N4O4S. The number of benzene rings is 1. The van der Waals surface area contributed by atoms with Crippen LogP contribution in [-0.2, 0) is 14.3 Å². The van der Waals surface area contributed by atoms with E-state index < -0.39 is 48.7 Å². The molecule has 4 rings (SSSR count). The van der Waals surface area contributed by atoms with Crippen molar-refractivity contribution < 1.29 is 32.6 Å². The van der Waals surface area contributed by atoms with E-state index in [-0.39, 0.29) is 36.7 Å². The van der Waals surface area contributed by atoms with Crippen molar-refractivity contribution in [2.24, 2.45) is 4.99 Å². The van der Waals surface area contributed by atoms with Crippen molar-refractivity contribution in [2.75, 3.05) is 19.7 Å². The highest BCUT2D eigenvalue weighted by molar-refractivity contribution is 9.10. The molecule has 1 aromatic heterocycles. The van der Waals surface area contributed by atoms with Crippen LogP contribution in [-0.4, -0.2) is 64.4 Å². The lowest BCUT2D eigenvalue weighted by Gasteiger charge is -2.39. The van der Waals surface area contributed by atoms with E-state index >= 15 is 0 Å². The standard InChI is InChI=1S/C23H22BrF3N4O4S/c1-2-35-22(34)17-15(10-31-11-23(26,27)6-5-16(31)21(32)33)29-19(20-28-7-8-36-20)30-18(17)13-4-3-12(25)9-14(13)24/h3-4,7-9,16,18H,2,5-6,10-11H2,1H3,(H,29,30)(H,32,33)/t16-,18-/m0/s1. The number of likely N-dealkylation sites (tertiary alicyclic amines) is 1. The number of piperidine rings is 1. The van der Waals surface area contributed by atoms with Gasteiger partial charge in [-0.1, -0.05) is 22.0 Å². The van der Waals surface area contributed by atoms with Crippen LogP contribution in [0, 0.1) is 5.82 Å². The summed E-state index contributed by atoms with van der Waals surface area (Å²) in [5, 5.41) is 14.9. The van der Waals surface area contributed by atoms with Gasteiger partial charge in [0, 0.05) is 34.7 Å². The van der Waals surface area contributed by atoms with Crippen molar-refractivity contribution >= 4 is 45.0 Å². The molecule has 0 radical (unpaired) electrons. The number of carboxylic acids is 1. The van der Waals surface area contributed by atoms with Gasteiger partial charge < -0.3 is 15.2 Å². The van der Waals surface area contributed by atoms with Crippen LogP contribution in [0.4, 0.5) is 13.2 Å². The van der Waals surface area contributed by atoms with Crippen LogP contribution in [0.3, 0.4) is 0 Å². The molecule has 0 amide bonds. The third-order valence-electron chi connectivity index (χ3n) is 5.82. The third kappa shape index (κ3) is 5.62. The number of thiazole rings is 1. The predicted octanol–water partition coefficient (Wildman–Crippen LogP) is 4.14. The van der Waals surface area contributed by atoms with Crippen molar-refractivity contribution in [3.8, 4) is 0 Å². The van der Waals surface area contributed by atoms with E-state index in [9.17, 15) is 27.9 Å². The third-order valence-corrected chi connectivity index (χ3v) is 7.28. The van der Waals surface area contributed by atoms with Crippen LogP contribution in [0.5, 0.6) is 0 Å². The summed E-state index contributed by atoms with van der Waals surface area (Å²) in [5.74, 6) is -5.31. The van der Waals surface area contributed by atoms with E-state index in [1.54, 1.807) is 18.5 Å². The Labute approximate surface area is 217 Å². The number of aliphatic carboxylic acids is 1. The number of amidine groups is 1. The van der Waals surface area contributed by atoms with Gasteiger partial charge in [-0.2, -0.15) is 0 Å². The van der Waals surface area contributed by atoms with Gasteiger partial charge in [-0.3, -0.25) is 14.7 Å². The molecule has 1 fully saturated rings. The molecule has 2 aliphatic rings. The molecule has 0 aliphatic carbocycles. The van der Waals surface area contributed by atoms with Crippen molar-refractivity contribution in [1.82, 2.24) is 15.2 Å². The Hall–Kier alpha value is -2.77. The summed E-state index contributed by atoms with van der Waals surface area (Å²) in [4.78, 5) is 35.1. The number of carbonyl (C=O) groups is 2. The molecule has 0 bridgehead atoms. The zero-order valence-electron chi connectivity index (χ0n) is 19.0. The lowest BCUT2D eigenvalue weighted by molar-refractivity contribution is -0.151. The Balaban J connectivity index is 1.85. The van der Waals surface area contributed by atoms with Crippen molar-refractivity contribution in [3.63, 3.8) is 0 Å². The number of hydrogen-bond acceptors (Lipinski definition) is 8. The van der Waals surface area contributed by atoms with E-state index in [2.05, 4.69) is 31.2 Å². The number of hydrogen-bond donors (Lipinski definition) is 2. The van der Waals surface area contributed by atoms with Crippen molar-refractivity contribution in [2.45, 2.75) is 37.8 Å². The molecular weight excluding hydrogens is 565 g/mol. The lowest BCUT2D eigenvalue weighted by Crippen LogP contribution is -2.54. The number of carboxylic acid groups (broad SMARTS) is 1. The number of nitrogens with zero attached hydrogens (tertiary/aromatic N) is 3. The number of esters is 1. The minimum absolute atomic E-state index is 0.0162.